The van der Waals surface area contributed by atoms with Gasteiger partial charge in [-0.25, -0.2) is 0 Å². The number of unbranched alkanes of at least 4 members (excludes halogenated alkanes) is 10. The van der Waals surface area contributed by atoms with E-state index in [-0.39, 0.29) is 0 Å². The molecule has 0 saturated carbocycles. The average Bonchev–Trinajstić information content (AvgIpc) is 3.02. The Kier molecular flexibility index (Phi) is 36.4. The molecule has 0 aliphatic carbocycles. The Morgan fingerprint density at radius 3 is 1.17 bits per heavy atom. The van der Waals surface area contributed by atoms with Gasteiger partial charge in [-0.1, -0.05) is 232 Å². The maximum atomic E-state index is 4.83. The van der Waals surface area contributed by atoms with E-state index in [4.69, 9.17) is 46.4 Å². The van der Waals surface area contributed by atoms with Gasteiger partial charge < -0.3 is 0 Å². The summed E-state index contributed by atoms with van der Waals surface area (Å²) in [6.45, 7) is 9.09. The van der Waals surface area contributed by atoms with E-state index >= 15 is 0 Å². The van der Waals surface area contributed by atoms with Crippen molar-refractivity contribution in [3.05, 3.63) is 70.8 Å². The normalized spacial score (nSPS) is 12.0. The zero-order valence-electron chi connectivity index (χ0n) is 28.7. The number of halogens is 6. The predicted octanol–water partition coefficient (Wildman–Crippen LogP) is 16.4. The number of benzene rings is 2. The molecule has 0 saturated heterocycles. The number of rotatable bonds is 20. The van der Waals surface area contributed by atoms with Crippen molar-refractivity contribution in [2.24, 2.45) is 4.30 Å². The number of hydrogen-bond acceptors (Lipinski definition) is 2. The first-order chi connectivity index (χ1) is 22.0. The van der Waals surface area contributed by atoms with E-state index in [1.54, 1.807) is 11.1 Å². The third-order valence-corrected chi connectivity index (χ3v) is 9.41. The summed E-state index contributed by atoms with van der Waals surface area (Å²) in [7, 11) is 4.34. The Morgan fingerprint density at radius 1 is 0.587 bits per heavy atom. The molecule has 0 spiro atoms. The molecule has 0 aliphatic rings. The molecule has 0 bridgehead atoms. The predicted molar refractivity (Wildman–Crippen MR) is 224 cm³/mol. The van der Waals surface area contributed by atoms with Crippen molar-refractivity contribution in [3.63, 3.8) is 0 Å². The number of thiol groups is 1. The summed E-state index contributed by atoms with van der Waals surface area (Å²) >= 11 is 30.3. The van der Waals surface area contributed by atoms with Crippen molar-refractivity contribution in [1.29, 1.82) is 0 Å². The molecule has 0 amide bonds. The van der Waals surface area contributed by atoms with Crippen LogP contribution in [0.4, 0.5) is 0 Å². The number of aryl methyl sites for hydroxylation is 2. The van der Waals surface area contributed by atoms with Crippen LogP contribution in [-0.2, 0) is 12.8 Å². The summed E-state index contributed by atoms with van der Waals surface area (Å²) in [5.74, 6) is 0. The van der Waals surface area contributed by atoms with E-state index in [0.717, 1.165) is 0 Å². The Morgan fingerprint density at radius 2 is 0.870 bits per heavy atom. The molecule has 0 aromatic heterocycles. The quantitative estimate of drug-likeness (QED) is 0.0589. The van der Waals surface area contributed by atoms with Crippen molar-refractivity contribution < 1.29 is 0 Å². The van der Waals surface area contributed by atoms with Crippen LogP contribution in [0.3, 0.4) is 0 Å². The van der Waals surface area contributed by atoms with E-state index in [0.29, 0.717) is 9.65 Å². The summed E-state index contributed by atoms with van der Waals surface area (Å²) in [4.78, 5) is 0.993. The zero-order valence-corrected chi connectivity index (χ0v) is 35.8. The minimum absolute atomic E-state index is 0.497. The second-order valence-corrected chi connectivity index (χ2v) is 17.4. The van der Waals surface area contributed by atoms with Crippen molar-refractivity contribution >= 4 is 98.7 Å². The van der Waals surface area contributed by atoms with Gasteiger partial charge in [0.25, 0.3) is 3.25 Å². The second-order valence-electron chi connectivity index (χ2n) is 11.5. The molecule has 0 N–H and O–H groups in total. The molecule has 1 nitrogen and oxygen atoms in total. The minimum atomic E-state index is -1.61. The summed E-state index contributed by atoms with van der Waals surface area (Å²) < 4.78 is 1.08. The van der Waals surface area contributed by atoms with Crippen molar-refractivity contribution in [3.8, 4) is 0 Å². The second kappa shape index (κ2) is 34.2. The molecule has 0 aliphatic heterocycles. The molecule has 2 aromatic rings. The molecule has 2 unspecified atom stereocenters. The molecule has 263 valence electrons. The van der Waals surface area contributed by atoms with E-state index in [9.17, 15) is 0 Å². The van der Waals surface area contributed by atoms with Gasteiger partial charge in [-0.2, -0.15) is 0 Å². The molecule has 2 rings (SSSR count). The molecule has 2 aromatic carbocycles. The van der Waals surface area contributed by atoms with Gasteiger partial charge in [-0.15, -0.1) is 0 Å². The Hall–Kier alpha value is 0.775. The summed E-state index contributed by atoms with van der Waals surface area (Å²) in [6, 6.07) is 18.0. The fourth-order valence-electron chi connectivity index (χ4n) is 5.07. The fourth-order valence-corrected chi connectivity index (χ4v) is 6.55. The van der Waals surface area contributed by atoms with Gasteiger partial charge in [-0.05, 0) is 60.8 Å². The van der Waals surface area contributed by atoms with E-state index in [2.05, 4.69) is 133 Å². The first kappa shape index (κ1) is 48.9. The molecule has 46 heavy (non-hydrogen) atoms. The standard InChI is InChI=1S/C18H28Br2.C18H30.CCl4.BHNS/c1-3-5-7-13-17(19)15-11-9-10-12-16(15)18(20)14-8-6-4-2;1-3-5-7-9-13-17-15-11-12-16-18(17)14-10-8-6-4-2;2-1(3,4)5;1-2-3/h9-12,17-18H,3-8,13-14H2,1-2H3;11-12,15-16H,3-10,13-14H2,1-2H3;;3H. The third kappa shape index (κ3) is 30.8. The molecular weight excluding hydrogens is 803 g/mol. The van der Waals surface area contributed by atoms with Crippen LogP contribution >= 0.6 is 91.1 Å². The van der Waals surface area contributed by atoms with Gasteiger partial charge in [0, 0.05) is 9.65 Å². The van der Waals surface area contributed by atoms with E-state index in [1.165, 1.54) is 127 Å². The molecule has 9 heteroatoms. The average molecular weight is 862 g/mol. The van der Waals surface area contributed by atoms with Crippen molar-refractivity contribution in [1.82, 2.24) is 0 Å². The monoisotopic (exact) mass is 858 g/mol. The molecule has 0 fully saturated rings. The first-order valence-electron chi connectivity index (χ1n) is 17.2. The zero-order chi connectivity index (χ0) is 35.1. The van der Waals surface area contributed by atoms with Crippen LogP contribution in [0.2, 0.25) is 0 Å². The van der Waals surface area contributed by atoms with Crippen LogP contribution in [0, 0.1) is 0 Å². The van der Waals surface area contributed by atoms with E-state index in [1.807, 2.05) is 0 Å². The third-order valence-electron chi connectivity index (χ3n) is 7.51. The summed E-state index contributed by atoms with van der Waals surface area (Å²) in [5, 5.41) is 0. The van der Waals surface area contributed by atoms with Crippen molar-refractivity contribution in [2.45, 2.75) is 156 Å². The number of alkyl halides is 6. The SMILES string of the molecule is CCCCCC(Br)c1ccccc1C(Br)CCCCC.CCCCCCc1ccccc1CCCCCC.ClC(Cl)(Cl)Cl.[B]=NS. The summed E-state index contributed by atoms with van der Waals surface area (Å²) in [6.07, 6.45) is 23.8. The van der Waals surface area contributed by atoms with Crippen LogP contribution in [0.15, 0.2) is 52.8 Å². The van der Waals surface area contributed by atoms with Crippen LogP contribution in [0.25, 0.3) is 0 Å². The van der Waals surface area contributed by atoms with Crippen LogP contribution in [0.1, 0.15) is 162 Å². The Labute approximate surface area is 327 Å². The Bertz CT molecular complexity index is 893. The molecular formula is C37H59BBr2Cl4NS. The van der Waals surface area contributed by atoms with Crippen LogP contribution < -0.4 is 0 Å². The van der Waals surface area contributed by atoms with E-state index < -0.39 is 3.25 Å². The number of nitrogens with zero attached hydrogens (tertiary/aromatic N) is 1. The Balaban J connectivity index is 0. The van der Waals surface area contributed by atoms with Gasteiger partial charge in [-0.3, -0.25) is 0 Å². The number of hydrogen-bond donors (Lipinski definition) is 1. The first-order valence-corrected chi connectivity index (χ1v) is 21.0. The summed E-state index contributed by atoms with van der Waals surface area (Å²) in [5.41, 5.74) is 6.15. The van der Waals surface area contributed by atoms with Crippen LogP contribution in [-0.4, -0.2) is 10.9 Å². The van der Waals surface area contributed by atoms with Gasteiger partial charge in [0.15, 0.2) is 0 Å². The van der Waals surface area contributed by atoms with Gasteiger partial charge in [0.05, 0.1) is 0 Å². The molecule has 2 atom stereocenters. The molecule has 0 heterocycles. The van der Waals surface area contributed by atoms with Gasteiger partial charge in [0.1, 0.15) is 0 Å². The fraction of sp³-hybridized carbons (Fsp3) is 0.676. The van der Waals surface area contributed by atoms with Crippen LogP contribution in [0.5, 0.6) is 0 Å². The van der Waals surface area contributed by atoms with Gasteiger partial charge in [0.2, 0.25) is 0 Å². The topological polar surface area (TPSA) is 12.4 Å². The van der Waals surface area contributed by atoms with Gasteiger partial charge >= 0.3 is 24.8 Å². The molecule has 1 radical (unpaired) electrons. The maximum absolute atomic E-state index is 4.83. The van der Waals surface area contributed by atoms with Crippen molar-refractivity contribution in [2.75, 3.05) is 0 Å².